The number of ether oxygens (including phenoxy) is 1. The van der Waals surface area contributed by atoms with E-state index in [4.69, 9.17) is 16.3 Å². The number of hydrogen-bond acceptors (Lipinski definition) is 2. The highest BCUT2D eigenvalue weighted by molar-refractivity contribution is 6.30. The molecule has 1 aromatic carbocycles. The van der Waals surface area contributed by atoms with Crippen LogP contribution in [-0.2, 0) is 0 Å². The van der Waals surface area contributed by atoms with Crippen molar-refractivity contribution in [3.05, 3.63) is 23.2 Å². The normalized spacial score (nSPS) is 17.2. The minimum atomic E-state index is 0.749. The van der Waals surface area contributed by atoms with E-state index in [1.807, 2.05) is 18.2 Å². The Balaban J connectivity index is 1.94. The zero-order chi connectivity index (χ0) is 12.8. The molecule has 0 aromatic heterocycles. The van der Waals surface area contributed by atoms with Crippen molar-refractivity contribution in [3.8, 4) is 5.75 Å². The van der Waals surface area contributed by atoms with E-state index in [-0.39, 0.29) is 0 Å². The minimum absolute atomic E-state index is 0.749. The Morgan fingerprint density at radius 2 is 1.94 bits per heavy atom. The topological polar surface area (TPSA) is 21.3 Å². The van der Waals surface area contributed by atoms with Crippen molar-refractivity contribution in [2.24, 2.45) is 5.92 Å². The van der Waals surface area contributed by atoms with Gasteiger partial charge in [0.1, 0.15) is 5.75 Å². The van der Waals surface area contributed by atoms with E-state index >= 15 is 0 Å². The van der Waals surface area contributed by atoms with Gasteiger partial charge in [-0.25, -0.2) is 0 Å². The molecule has 100 valence electrons. The van der Waals surface area contributed by atoms with Crippen molar-refractivity contribution < 1.29 is 4.74 Å². The molecule has 0 heterocycles. The van der Waals surface area contributed by atoms with Gasteiger partial charge in [0.05, 0.1) is 12.8 Å². The van der Waals surface area contributed by atoms with Crippen molar-refractivity contribution in [1.29, 1.82) is 0 Å². The van der Waals surface area contributed by atoms with Crippen LogP contribution in [0.2, 0.25) is 5.02 Å². The van der Waals surface area contributed by atoms with Crippen molar-refractivity contribution in [2.75, 3.05) is 19.0 Å². The van der Waals surface area contributed by atoms with Gasteiger partial charge in [-0.05, 0) is 37.0 Å². The molecule has 0 amide bonds. The Morgan fingerprint density at radius 1 is 1.22 bits per heavy atom. The summed E-state index contributed by atoms with van der Waals surface area (Å²) in [5.41, 5.74) is 1.01. The fourth-order valence-corrected chi connectivity index (χ4v) is 2.81. The summed E-state index contributed by atoms with van der Waals surface area (Å²) in [6.45, 7) is 1.02. The number of hydrogen-bond donors (Lipinski definition) is 1. The van der Waals surface area contributed by atoms with Crippen LogP contribution in [-0.4, -0.2) is 13.7 Å². The molecule has 0 atom stereocenters. The summed E-state index contributed by atoms with van der Waals surface area (Å²) in [6.07, 6.45) is 8.23. The Kier molecular flexibility index (Phi) is 5.18. The zero-order valence-corrected chi connectivity index (χ0v) is 11.8. The lowest BCUT2D eigenvalue weighted by atomic mass is 10.0. The Bertz CT molecular complexity index is 373. The Hall–Kier alpha value is -0.890. The first-order valence-electron chi connectivity index (χ1n) is 6.87. The fourth-order valence-electron chi connectivity index (χ4n) is 2.64. The van der Waals surface area contributed by atoms with Gasteiger partial charge < -0.3 is 10.1 Å². The smallest absolute Gasteiger partial charge is 0.142 e. The molecule has 1 fully saturated rings. The fraction of sp³-hybridized carbons (Fsp3) is 0.600. The first-order valence-corrected chi connectivity index (χ1v) is 7.25. The molecule has 1 aromatic rings. The zero-order valence-electron chi connectivity index (χ0n) is 11.0. The SMILES string of the molecule is COc1ccc(Cl)cc1NCC1CCCCCC1. The van der Waals surface area contributed by atoms with Crippen LogP contribution in [0.5, 0.6) is 5.75 Å². The van der Waals surface area contributed by atoms with E-state index in [1.54, 1.807) is 7.11 Å². The maximum Gasteiger partial charge on any atom is 0.142 e. The average Bonchev–Trinajstić information content (AvgIpc) is 2.65. The van der Waals surface area contributed by atoms with Gasteiger partial charge in [-0.1, -0.05) is 37.3 Å². The molecule has 1 aliphatic carbocycles. The Labute approximate surface area is 115 Å². The number of rotatable bonds is 4. The maximum absolute atomic E-state index is 6.03. The highest BCUT2D eigenvalue weighted by atomic mass is 35.5. The van der Waals surface area contributed by atoms with E-state index in [2.05, 4.69) is 5.32 Å². The highest BCUT2D eigenvalue weighted by Gasteiger charge is 2.13. The van der Waals surface area contributed by atoms with E-state index < -0.39 is 0 Å². The first kappa shape index (κ1) is 13.5. The second kappa shape index (κ2) is 6.89. The molecule has 3 heteroatoms. The van der Waals surface area contributed by atoms with Crippen LogP contribution in [0.25, 0.3) is 0 Å². The van der Waals surface area contributed by atoms with E-state index in [9.17, 15) is 0 Å². The van der Waals surface area contributed by atoms with E-state index in [0.29, 0.717) is 0 Å². The third-order valence-electron chi connectivity index (χ3n) is 3.72. The maximum atomic E-state index is 6.03. The molecule has 0 unspecified atom stereocenters. The van der Waals surface area contributed by atoms with Gasteiger partial charge in [0.2, 0.25) is 0 Å². The van der Waals surface area contributed by atoms with Gasteiger partial charge in [0, 0.05) is 11.6 Å². The number of halogens is 1. The second-order valence-corrected chi connectivity index (χ2v) is 5.52. The van der Waals surface area contributed by atoms with Crippen LogP contribution in [0.1, 0.15) is 38.5 Å². The van der Waals surface area contributed by atoms with Gasteiger partial charge in [-0.2, -0.15) is 0 Å². The van der Waals surface area contributed by atoms with Crippen molar-refractivity contribution in [3.63, 3.8) is 0 Å². The molecule has 1 N–H and O–H groups in total. The lowest BCUT2D eigenvalue weighted by Crippen LogP contribution is -2.14. The molecule has 18 heavy (non-hydrogen) atoms. The molecule has 0 spiro atoms. The van der Waals surface area contributed by atoms with Crippen LogP contribution >= 0.6 is 11.6 Å². The summed E-state index contributed by atoms with van der Waals surface area (Å²) in [6, 6.07) is 5.71. The standard InChI is InChI=1S/C15H22ClNO/c1-18-15-9-8-13(16)10-14(15)17-11-12-6-4-2-3-5-7-12/h8-10,12,17H,2-7,11H2,1H3. The molecule has 0 aliphatic heterocycles. The molecular formula is C15H22ClNO. The van der Waals surface area contributed by atoms with Crippen molar-refractivity contribution >= 4 is 17.3 Å². The largest absolute Gasteiger partial charge is 0.495 e. The summed E-state index contributed by atoms with van der Waals surface area (Å²) in [5.74, 6) is 1.66. The van der Waals surface area contributed by atoms with Gasteiger partial charge in [-0.3, -0.25) is 0 Å². The van der Waals surface area contributed by atoms with Gasteiger partial charge in [0.25, 0.3) is 0 Å². The number of benzene rings is 1. The van der Waals surface area contributed by atoms with Crippen LogP contribution < -0.4 is 10.1 Å². The molecule has 2 nitrogen and oxygen atoms in total. The van der Waals surface area contributed by atoms with Crippen LogP contribution in [0.15, 0.2) is 18.2 Å². The molecule has 0 saturated heterocycles. The van der Waals surface area contributed by atoms with E-state index in [0.717, 1.165) is 28.9 Å². The molecule has 1 aliphatic rings. The molecule has 1 saturated carbocycles. The summed E-state index contributed by atoms with van der Waals surface area (Å²) in [7, 11) is 1.69. The monoisotopic (exact) mass is 267 g/mol. The lowest BCUT2D eigenvalue weighted by molar-refractivity contribution is 0.415. The molecule has 2 rings (SSSR count). The highest BCUT2D eigenvalue weighted by Crippen LogP contribution is 2.29. The summed E-state index contributed by atoms with van der Waals surface area (Å²) < 4.78 is 5.34. The third kappa shape index (κ3) is 3.81. The Morgan fingerprint density at radius 3 is 2.61 bits per heavy atom. The van der Waals surface area contributed by atoms with Gasteiger partial charge in [-0.15, -0.1) is 0 Å². The number of nitrogens with one attached hydrogen (secondary N) is 1. The van der Waals surface area contributed by atoms with Gasteiger partial charge in [0.15, 0.2) is 0 Å². The quantitative estimate of drug-likeness (QED) is 0.796. The molecular weight excluding hydrogens is 246 g/mol. The molecule has 0 radical (unpaired) electrons. The second-order valence-electron chi connectivity index (χ2n) is 5.08. The van der Waals surface area contributed by atoms with Crippen LogP contribution in [0, 0.1) is 5.92 Å². The van der Waals surface area contributed by atoms with Crippen molar-refractivity contribution in [1.82, 2.24) is 0 Å². The minimum Gasteiger partial charge on any atom is -0.495 e. The predicted molar refractivity (Wildman–Crippen MR) is 77.7 cm³/mol. The average molecular weight is 268 g/mol. The summed E-state index contributed by atoms with van der Waals surface area (Å²) >= 11 is 6.03. The predicted octanol–water partition coefficient (Wildman–Crippen LogP) is 4.73. The number of methoxy groups -OCH3 is 1. The third-order valence-corrected chi connectivity index (χ3v) is 3.95. The van der Waals surface area contributed by atoms with E-state index in [1.165, 1.54) is 38.5 Å². The lowest BCUT2D eigenvalue weighted by Gasteiger charge is -2.17. The van der Waals surface area contributed by atoms with Crippen molar-refractivity contribution in [2.45, 2.75) is 38.5 Å². The summed E-state index contributed by atoms with van der Waals surface area (Å²) in [4.78, 5) is 0. The summed E-state index contributed by atoms with van der Waals surface area (Å²) in [5, 5.41) is 4.24. The molecule has 0 bridgehead atoms. The van der Waals surface area contributed by atoms with Crippen LogP contribution in [0.3, 0.4) is 0 Å². The van der Waals surface area contributed by atoms with Crippen LogP contribution in [0.4, 0.5) is 5.69 Å². The number of anilines is 1. The first-order chi connectivity index (χ1) is 8.79. The van der Waals surface area contributed by atoms with Gasteiger partial charge >= 0.3 is 0 Å².